The number of hydrogen-bond donors (Lipinski definition) is 6. The van der Waals surface area contributed by atoms with E-state index in [0.717, 1.165) is 82.6 Å². The van der Waals surface area contributed by atoms with Gasteiger partial charge >= 0.3 is 5.97 Å². The topological polar surface area (TPSA) is 175 Å². The molecule has 13 nitrogen and oxygen atoms in total. The van der Waals surface area contributed by atoms with E-state index in [1.165, 1.54) is 14.2 Å². The smallest absolute Gasteiger partial charge is 0.310 e. The van der Waals surface area contributed by atoms with Crippen LogP contribution in [-0.4, -0.2) is 90.4 Å². The van der Waals surface area contributed by atoms with Gasteiger partial charge in [0.25, 0.3) is 0 Å². The van der Waals surface area contributed by atoms with Crippen LogP contribution in [0, 0.1) is 11.8 Å². The van der Waals surface area contributed by atoms with Gasteiger partial charge < -0.3 is 55.8 Å². The van der Waals surface area contributed by atoms with E-state index in [2.05, 4.69) is 21.3 Å². The molecule has 7 N–H and O–H groups in total. The van der Waals surface area contributed by atoms with Crippen molar-refractivity contribution in [3.8, 4) is 28.7 Å². The third-order valence-electron chi connectivity index (χ3n) is 9.34. The van der Waals surface area contributed by atoms with Crippen molar-refractivity contribution in [3.63, 3.8) is 0 Å². The summed E-state index contributed by atoms with van der Waals surface area (Å²) < 4.78 is 27.9. The lowest BCUT2D eigenvalue weighted by molar-refractivity contribution is -0.141. The van der Waals surface area contributed by atoms with E-state index in [1.54, 1.807) is 12.1 Å². The fourth-order valence-corrected chi connectivity index (χ4v) is 6.90. The summed E-state index contributed by atoms with van der Waals surface area (Å²) >= 11 is 0. The number of ether oxygens (including phenoxy) is 5. The SMILES string of the molecule is COc1cc(C2c3cc4c(cc3C(NC(=O)CCCNCCCNCCCCNCCCN)C3COC(=O)C23)OCO4)cc(OC)c1O. The molecule has 2 aromatic rings. The monoisotopic (exact) mass is 669 g/mol. The van der Waals surface area contributed by atoms with E-state index >= 15 is 0 Å². The fourth-order valence-electron chi connectivity index (χ4n) is 6.90. The number of esters is 1. The van der Waals surface area contributed by atoms with Gasteiger partial charge in [0.15, 0.2) is 23.0 Å². The van der Waals surface area contributed by atoms with Crippen molar-refractivity contribution in [2.24, 2.45) is 17.6 Å². The van der Waals surface area contributed by atoms with E-state index in [9.17, 15) is 14.7 Å². The Bertz CT molecular complexity index is 1370. The summed E-state index contributed by atoms with van der Waals surface area (Å²) in [4.78, 5) is 26.7. The van der Waals surface area contributed by atoms with Crippen LogP contribution in [0.4, 0.5) is 0 Å². The van der Waals surface area contributed by atoms with E-state index in [0.29, 0.717) is 29.9 Å². The molecule has 4 atom stereocenters. The number of nitrogens with one attached hydrogen (secondary N) is 4. The molecule has 5 rings (SSSR count). The number of amides is 1. The molecule has 2 aromatic carbocycles. The highest BCUT2D eigenvalue weighted by molar-refractivity contribution is 5.81. The Kier molecular flexibility index (Phi) is 13.0. The standard InChI is InChI=1S/C35H51N5O8/c1-44-28-16-22(17-29(45-2)34(28)42)31-23-18-26-27(48-21-47-26)19-24(23)33(25-20-46-35(43)32(25)31)40-30(41)8-5-12-39-15-7-14-38-11-4-3-10-37-13-6-9-36/h16-19,25,31-33,37-39,42H,3-15,20-21,36H2,1-2H3,(H,40,41). The molecule has 48 heavy (non-hydrogen) atoms. The number of aromatic hydroxyl groups is 1. The number of nitrogens with two attached hydrogens (primary N) is 1. The Labute approximate surface area is 282 Å². The number of benzene rings is 2. The number of rotatable bonds is 20. The minimum atomic E-state index is -0.588. The van der Waals surface area contributed by atoms with Gasteiger partial charge in [0.1, 0.15) is 0 Å². The number of fused-ring (bicyclic) bond motifs is 3. The maximum Gasteiger partial charge on any atom is 0.310 e. The zero-order valence-electron chi connectivity index (χ0n) is 28.1. The Morgan fingerprint density at radius 2 is 1.42 bits per heavy atom. The first-order chi connectivity index (χ1) is 23.5. The minimum absolute atomic E-state index is 0.0888. The maximum absolute atomic E-state index is 13.4. The average molecular weight is 670 g/mol. The normalized spacial score (nSPS) is 20.6. The highest BCUT2D eigenvalue weighted by atomic mass is 16.7. The van der Waals surface area contributed by atoms with Crippen LogP contribution in [0.1, 0.15) is 67.2 Å². The lowest BCUT2D eigenvalue weighted by Gasteiger charge is -2.39. The number of hydrogen-bond acceptors (Lipinski definition) is 12. The highest BCUT2D eigenvalue weighted by Gasteiger charge is 2.53. The van der Waals surface area contributed by atoms with Gasteiger partial charge in [-0.25, -0.2) is 0 Å². The van der Waals surface area contributed by atoms with Gasteiger partial charge in [0, 0.05) is 18.3 Å². The molecule has 0 aromatic heterocycles. The number of carbonyl (C=O) groups is 2. The van der Waals surface area contributed by atoms with Crippen LogP contribution < -0.4 is 45.9 Å². The van der Waals surface area contributed by atoms with Crippen LogP contribution in [0.2, 0.25) is 0 Å². The third-order valence-corrected chi connectivity index (χ3v) is 9.34. The largest absolute Gasteiger partial charge is 0.502 e. The molecule has 264 valence electrons. The van der Waals surface area contributed by atoms with E-state index < -0.39 is 17.9 Å². The van der Waals surface area contributed by atoms with Crippen LogP contribution >= 0.6 is 0 Å². The maximum atomic E-state index is 13.4. The first-order valence-electron chi connectivity index (χ1n) is 17.1. The molecule has 0 saturated carbocycles. The van der Waals surface area contributed by atoms with Gasteiger partial charge in [-0.2, -0.15) is 0 Å². The van der Waals surface area contributed by atoms with Crippen molar-refractivity contribution in [2.75, 3.05) is 73.4 Å². The molecule has 0 radical (unpaired) electrons. The van der Waals surface area contributed by atoms with Crippen LogP contribution in [0.5, 0.6) is 28.7 Å². The lowest BCUT2D eigenvalue weighted by atomic mass is 9.65. The summed E-state index contributed by atoms with van der Waals surface area (Å²) in [6, 6.07) is 6.75. The van der Waals surface area contributed by atoms with Crippen molar-refractivity contribution in [1.82, 2.24) is 21.3 Å². The number of cyclic esters (lactones) is 1. The van der Waals surface area contributed by atoms with Crippen molar-refractivity contribution in [1.29, 1.82) is 0 Å². The van der Waals surface area contributed by atoms with Gasteiger partial charge in [0.2, 0.25) is 18.4 Å². The molecule has 1 amide bonds. The zero-order valence-corrected chi connectivity index (χ0v) is 28.1. The predicted octanol–water partition coefficient (Wildman–Crippen LogP) is 2.30. The molecule has 0 spiro atoms. The Morgan fingerprint density at radius 1 is 0.833 bits per heavy atom. The molecule has 2 aliphatic heterocycles. The van der Waals surface area contributed by atoms with Crippen LogP contribution in [0.25, 0.3) is 0 Å². The van der Waals surface area contributed by atoms with Gasteiger partial charge in [-0.3, -0.25) is 9.59 Å². The second kappa shape index (κ2) is 17.6. The zero-order chi connectivity index (χ0) is 33.9. The molecule has 4 unspecified atom stereocenters. The number of phenols is 1. The molecule has 1 aliphatic carbocycles. The average Bonchev–Trinajstić information content (AvgIpc) is 3.72. The molecule has 2 heterocycles. The molecule has 0 bridgehead atoms. The highest BCUT2D eigenvalue weighted by Crippen LogP contribution is 2.55. The van der Waals surface area contributed by atoms with Crippen LogP contribution in [-0.2, 0) is 14.3 Å². The van der Waals surface area contributed by atoms with Crippen molar-refractivity contribution in [3.05, 3.63) is 41.0 Å². The summed E-state index contributed by atoms with van der Waals surface area (Å²) in [7, 11) is 2.93. The quantitative estimate of drug-likeness (QED) is 0.0898. The summed E-state index contributed by atoms with van der Waals surface area (Å²) in [5.41, 5.74) is 7.88. The summed E-state index contributed by atoms with van der Waals surface area (Å²) in [5, 5.41) is 24.1. The first kappa shape index (κ1) is 35.5. The minimum Gasteiger partial charge on any atom is -0.502 e. The van der Waals surface area contributed by atoms with Gasteiger partial charge in [-0.05, 0) is 119 Å². The van der Waals surface area contributed by atoms with Crippen LogP contribution in [0.3, 0.4) is 0 Å². The summed E-state index contributed by atoms with van der Waals surface area (Å²) in [6.45, 7) is 6.62. The van der Waals surface area contributed by atoms with Crippen molar-refractivity contribution < 1.29 is 38.4 Å². The van der Waals surface area contributed by atoms with Gasteiger partial charge in [0.05, 0.1) is 32.8 Å². The van der Waals surface area contributed by atoms with E-state index in [4.69, 9.17) is 29.4 Å². The second-order valence-electron chi connectivity index (χ2n) is 12.5. The fraction of sp³-hybridized carbons (Fsp3) is 0.600. The lowest BCUT2D eigenvalue weighted by Crippen LogP contribution is -2.43. The number of phenolic OH excluding ortho intramolecular Hbond substituents is 1. The molecule has 13 heteroatoms. The van der Waals surface area contributed by atoms with E-state index in [1.807, 2.05) is 12.1 Å². The number of unbranched alkanes of at least 4 members (excludes halogenated alkanes) is 1. The predicted molar refractivity (Wildman–Crippen MR) is 180 cm³/mol. The van der Waals surface area contributed by atoms with Gasteiger partial charge in [-0.1, -0.05) is 0 Å². The summed E-state index contributed by atoms with van der Waals surface area (Å²) in [6.07, 6.45) is 5.39. The van der Waals surface area contributed by atoms with E-state index in [-0.39, 0.29) is 48.4 Å². The van der Waals surface area contributed by atoms with Crippen LogP contribution in [0.15, 0.2) is 24.3 Å². The molecule has 3 aliphatic rings. The molecular weight excluding hydrogens is 618 g/mol. The van der Waals surface area contributed by atoms with Gasteiger partial charge in [-0.15, -0.1) is 0 Å². The molecular formula is C35H51N5O8. The Morgan fingerprint density at radius 3 is 2.04 bits per heavy atom. The third kappa shape index (κ3) is 8.43. The molecule has 1 fully saturated rings. The first-order valence-corrected chi connectivity index (χ1v) is 17.1. The Hall–Kier alpha value is -3.78. The van der Waals surface area contributed by atoms with Crippen molar-refractivity contribution in [2.45, 2.75) is 50.5 Å². The Balaban J connectivity index is 1.17. The number of carbonyl (C=O) groups excluding carboxylic acids is 2. The summed E-state index contributed by atoms with van der Waals surface area (Å²) in [5.74, 6) is -0.306. The molecule has 1 saturated heterocycles. The number of methoxy groups -OCH3 is 2. The second-order valence-corrected chi connectivity index (χ2v) is 12.5. The van der Waals surface area contributed by atoms with Crippen molar-refractivity contribution >= 4 is 11.9 Å².